The van der Waals surface area contributed by atoms with E-state index in [1.807, 2.05) is 6.92 Å². The molecule has 1 aromatic rings. The van der Waals surface area contributed by atoms with Crippen LogP contribution in [0.15, 0.2) is 29.2 Å². The lowest BCUT2D eigenvalue weighted by Gasteiger charge is -2.11. The number of sulfonamides is 1. The molecule has 0 aliphatic carbocycles. The maximum atomic E-state index is 12.0. The fourth-order valence-electron chi connectivity index (χ4n) is 1.65. The lowest BCUT2D eigenvalue weighted by molar-refractivity contribution is 0.0963. The number of benzene rings is 1. The van der Waals surface area contributed by atoms with Crippen LogP contribution in [0.3, 0.4) is 0 Å². The van der Waals surface area contributed by atoms with Gasteiger partial charge in [-0.05, 0) is 30.7 Å². The third-order valence-electron chi connectivity index (χ3n) is 2.78. The van der Waals surface area contributed by atoms with E-state index in [1.165, 1.54) is 31.3 Å². The molecule has 112 valence electrons. The lowest BCUT2D eigenvalue weighted by atomic mass is 10.2. The van der Waals surface area contributed by atoms with Gasteiger partial charge in [0.1, 0.15) is 0 Å². The van der Waals surface area contributed by atoms with Crippen LogP contribution < -0.4 is 10.0 Å². The minimum Gasteiger partial charge on any atom is -0.392 e. The fraction of sp³-hybridized carbons (Fsp3) is 0.462. The molecule has 0 aliphatic rings. The van der Waals surface area contributed by atoms with E-state index in [2.05, 4.69) is 10.0 Å². The van der Waals surface area contributed by atoms with E-state index < -0.39 is 16.1 Å². The van der Waals surface area contributed by atoms with E-state index in [-0.39, 0.29) is 17.3 Å². The van der Waals surface area contributed by atoms with Crippen LogP contribution in [0.1, 0.15) is 30.1 Å². The molecule has 3 N–H and O–H groups in total. The first-order valence-electron chi connectivity index (χ1n) is 6.40. The molecule has 0 aliphatic heterocycles. The number of aliphatic hydroxyl groups excluding tert-OH is 1. The molecular formula is C13H20N2O4S. The topological polar surface area (TPSA) is 95.5 Å². The Morgan fingerprint density at radius 3 is 2.40 bits per heavy atom. The van der Waals surface area contributed by atoms with Crippen molar-refractivity contribution >= 4 is 15.9 Å². The second kappa shape index (κ2) is 7.37. The molecule has 1 rings (SSSR count). The molecule has 0 fully saturated rings. The molecule has 0 saturated carbocycles. The molecule has 1 amide bonds. The van der Waals surface area contributed by atoms with Gasteiger partial charge in [0.05, 0.1) is 11.0 Å². The van der Waals surface area contributed by atoms with Gasteiger partial charge in [-0.15, -0.1) is 0 Å². The van der Waals surface area contributed by atoms with Gasteiger partial charge in [-0.25, -0.2) is 13.1 Å². The van der Waals surface area contributed by atoms with Crippen LogP contribution in [-0.2, 0) is 10.0 Å². The zero-order valence-corrected chi connectivity index (χ0v) is 12.4. The first-order valence-corrected chi connectivity index (χ1v) is 7.89. The van der Waals surface area contributed by atoms with Crippen molar-refractivity contribution in [3.8, 4) is 0 Å². The fourth-order valence-corrected chi connectivity index (χ4v) is 2.73. The number of carbonyl (C=O) groups is 1. The van der Waals surface area contributed by atoms with Crippen LogP contribution in [0.2, 0.25) is 0 Å². The molecular weight excluding hydrogens is 280 g/mol. The highest BCUT2D eigenvalue weighted by molar-refractivity contribution is 7.89. The molecule has 20 heavy (non-hydrogen) atoms. The largest absolute Gasteiger partial charge is 0.392 e. The molecule has 0 heterocycles. The zero-order chi connectivity index (χ0) is 15.2. The predicted molar refractivity (Wildman–Crippen MR) is 75.9 cm³/mol. The normalized spacial score (nSPS) is 12.9. The molecule has 0 spiro atoms. The number of carbonyl (C=O) groups excluding carboxylic acids is 1. The molecule has 7 heteroatoms. The molecule has 0 aromatic heterocycles. The van der Waals surface area contributed by atoms with Crippen molar-refractivity contribution in [2.45, 2.75) is 30.8 Å². The minimum absolute atomic E-state index is 0.0205. The Morgan fingerprint density at radius 1 is 1.30 bits per heavy atom. The lowest BCUT2D eigenvalue weighted by Crippen LogP contribution is -2.32. The van der Waals surface area contributed by atoms with E-state index in [4.69, 9.17) is 0 Å². The van der Waals surface area contributed by atoms with Crippen LogP contribution in [0, 0.1) is 0 Å². The van der Waals surface area contributed by atoms with E-state index in [0.717, 1.165) is 6.42 Å². The van der Waals surface area contributed by atoms with Crippen molar-refractivity contribution in [2.24, 2.45) is 0 Å². The summed E-state index contributed by atoms with van der Waals surface area (Å²) in [5.74, 6) is -0.278. The third-order valence-corrected chi connectivity index (χ3v) is 4.22. The molecule has 6 nitrogen and oxygen atoms in total. The quantitative estimate of drug-likeness (QED) is 0.683. The van der Waals surface area contributed by atoms with Crippen molar-refractivity contribution in [2.75, 3.05) is 13.6 Å². The Hall–Kier alpha value is -1.44. The number of amides is 1. The van der Waals surface area contributed by atoms with Gasteiger partial charge in [-0.2, -0.15) is 0 Å². The standard InChI is InChI=1S/C13H20N2O4S/c1-3-4-11(16)9-15-20(18,19)12-7-5-10(6-8-12)13(17)14-2/h5-8,11,15-16H,3-4,9H2,1-2H3,(H,14,17)/t11-/m1/s1. The number of aliphatic hydroxyl groups is 1. The van der Waals surface area contributed by atoms with E-state index in [0.29, 0.717) is 12.0 Å². The van der Waals surface area contributed by atoms with Gasteiger partial charge < -0.3 is 10.4 Å². The molecule has 1 atom stereocenters. The molecule has 1 aromatic carbocycles. The van der Waals surface area contributed by atoms with Crippen LogP contribution in [-0.4, -0.2) is 39.1 Å². The SMILES string of the molecule is CCC[C@@H](O)CNS(=O)(=O)c1ccc(C(=O)NC)cc1. The second-order valence-corrected chi connectivity index (χ2v) is 6.16. The Kier molecular flexibility index (Phi) is 6.12. The van der Waals surface area contributed by atoms with Crippen molar-refractivity contribution in [1.29, 1.82) is 0 Å². The summed E-state index contributed by atoms with van der Waals surface area (Å²) in [5, 5.41) is 12.0. The summed E-state index contributed by atoms with van der Waals surface area (Å²) < 4.78 is 26.3. The summed E-state index contributed by atoms with van der Waals surface area (Å²) in [4.78, 5) is 11.4. The van der Waals surface area contributed by atoms with E-state index >= 15 is 0 Å². The van der Waals surface area contributed by atoms with Crippen LogP contribution >= 0.6 is 0 Å². The van der Waals surface area contributed by atoms with Gasteiger partial charge in [0.2, 0.25) is 10.0 Å². The monoisotopic (exact) mass is 300 g/mol. The van der Waals surface area contributed by atoms with Crippen LogP contribution in [0.25, 0.3) is 0 Å². The van der Waals surface area contributed by atoms with Gasteiger partial charge in [0, 0.05) is 19.2 Å². The summed E-state index contributed by atoms with van der Waals surface area (Å²) in [6.45, 7) is 1.89. The van der Waals surface area contributed by atoms with Crippen molar-refractivity contribution in [1.82, 2.24) is 10.0 Å². The Labute approximate surface area is 119 Å². The zero-order valence-electron chi connectivity index (χ0n) is 11.6. The second-order valence-electron chi connectivity index (χ2n) is 4.40. The highest BCUT2D eigenvalue weighted by Crippen LogP contribution is 2.10. The van der Waals surface area contributed by atoms with Gasteiger partial charge in [0.15, 0.2) is 0 Å². The summed E-state index contributed by atoms with van der Waals surface area (Å²) in [7, 11) is -2.16. The summed E-state index contributed by atoms with van der Waals surface area (Å²) in [6, 6.07) is 5.60. The summed E-state index contributed by atoms with van der Waals surface area (Å²) >= 11 is 0. The number of hydrogen-bond acceptors (Lipinski definition) is 4. The van der Waals surface area contributed by atoms with Gasteiger partial charge in [0.25, 0.3) is 5.91 Å². The first-order chi connectivity index (χ1) is 9.40. The first kappa shape index (κ1) is 16.6. The Bertz CT molecular complexity index is 540. The van der Waals surface area contributed by atoms with Crippen molar-refractivity contribution in [3.63, 3.8) is 0 Å². The molecule has 0 radical (unpaired) electrons. The molecule has 0 unspecified atom stereocenters. The van der Waals surface area contributed by atoms with Crippen molar-refractivity contribution in [3.05, 3.63) is 29.8 Å². The number of hydrogen-bond donors (Lipinski definition) is 3. The molecule has 0 saturated heterocycles. The molecule has 0 bridgehead atoms. The van der Waals surface area contributed by atoms with E-state index in [9.17, 15) is 18.3 Å². The smallest absolute Gasteiger partial charge is 0.251 e. The maximum absolute atomic E-state index is 12.0. The Balaban J connectivity index is 2.75. The minimum atomic E-state index is -3.66. The highest BCUT2D eigenvalue weighted by Gasteiger charge is 2.16. The van der Waals surface area contributed by atoms with Crippen LogP contribution in [0.4, 0.5) is 0 Å². The summed E-state index contributed by atoms with van der Waals surface area (Å²) in [6.07, 6.45) is 0.627. The van der Waals surface area contributed by atoms with Crippen LogP contribution in [0.5, 0.6) is 0 Å². The maximum Gasteiger partial charge on any atom is 0.251 e. The Morgan fingerprint density at radius 2 is 1.90 bits per heavy atom. The van der Waals surface area contributed by atoms with Gasteiger partial charge >= 0.3 is 0 Å². The number of nitrogens with one attached hydrogen (secondary N) is 2. The van der Waals surface area contributed by atoms with Crippen molar-refractivity contribution < 1.29 is 18.3 Å². The predicted octanol–water partition coefficient (Wildman–Crippen LogP) is 0.485. The average molecular weight is 300 g/mol. The van der Waals surface area contributed by atoms with Gasteiger partial charge in [-0.1, -0.05) is 13.3 Å². The van der Waals surface area contributed by atoms with Gasteiger partial charge in [-0.3, -0.25) is 4.79 Å². The van der Waals surface area contributed by atoms with E-state index in [1.54, 1.807) is 0 Å². The highest BCUT2D eigenvalue weighted by atomic mass is 32.2. The summed E-state index contributed by atoms with van der Waals surface area (Å²) in [5.41, 5.74) is 0.387. The number of rotatable bonds is 7. The average Bonchev–Trinajstić information content (AvgIpc) is 2.45. The third kappa shape index (κ3) is 4.59.